The fraction of sp³-hybridized carbons (Fsp3) is 0.222. The number of anilines is 3. The van der Waals surface area contributed by atoms with E-state index in [1.165, 1.54) is 122 Å². The molecule has 11 rings (SSSR count). The van der Waals surface area contributed by atoms with Crippen molar-refractivity contribution in [2.75, 3.05) is 4.90 Å². The third-order valence-corrected chi connectivity index (χ3v) is 14.8. The second kappa shape index (κ2) is 12.5. The maximum atomic E-state index is 3.94. The zero-order valence-electron chi connectivity index (χ0n) is 34.7. The van der Waals surface area contributed by atoms with Crippen molar-refractivity contribution in [1.82, 2.24) is 4.98 Å². The fourth-order valence-electron chi connectivity index (χ4n) is 10.2. The minimum Gasteiger partial charge on any atom is -0.354 e. The molecule has 7 aromatic carbocycles. The number of rotatable bonds is 3. The van der Waals surface area contributed by atoms with Gasteiger partial charge in [0, 0.05) is 43.3 Å². The van der Waals surface area contributed by atoms with E-state index < -0.39 is 0 Å². The van der Waals surface area contributed by atoms with E-state index in [0.717, 1.165) is 7.28 Å². The van der Waals surface area contributed by atoms with Crippen LogP contribution in [0, 0.1) is 0 Å². The predicted molar refractivity (Wildman–Crippen MR) is 255 cm³/mol. The number of para-hydroxylation sites is 1. The molecule has 2 aromatic heterocycles. The molecule has 0 saturated carbocycles. The molecule has 3 heterocycles. The summed E-state index contributed by atoms with van der Waals surface area (Å²) in [7, 11) is 0.877. The van der Waals surface area contributed by atoms with Gasteiger partial charge in [0.1, 0.15) is 0 Å². The number of thiophene rings is 1. The van der Waals surface area contributed by atoms with Crippen LogP contribution in [0.25, 0.3) is 64.9 Å². The summed E-state index contributed by atoms with van der Waals surface area (Å²) in [6, 6.07) is 50.7. The van der Waals surface area contributed by atoms with Gasteiger partial charge in [0.15, 0.2) is 0 Å². The number of benzene rings is 7. The van der Waals surface area contributed by atoms with Crippen LogP contribution in [0.3, 0.4) is 0 Å². The van der Waals surface area contributed by atoms with Crippen LogP contribution in [-0.4, -0.2) is 12.3 Å². The number of hydrogen-bond acceptors (Lipinski definition) is 2. The second-order valence-electron chi connectivity index (χ2n) is 19.3. The van der Waals surface area contributed by atoms with Gasteiger partial charge in [-0.25, -0.2) is 0 Å². The van der Waals surface area contributed by atoms with Crippen molar-refractivity contribution in [2.24, 2.45) is 0 Å². The first kappa shape index (κ1) is 35.6. The number of hydrogen-bond donors (Lipinski definition) is 1. The molecule has 1 aliphatic carbocycles. The molecule has 0 fully saturated rings. The maximum Gasteiger partial charge on any atom is 0.211 e. The van der Waals surface area contributed by atoms with Crippen LogP contribution in [0.2, 0.25) is 0 Å². The van der Waals surface area contributed by atoms with Gasteiger partial charge in [0.25, 0.3) is 0 Å². The summed E-state index contributed by atoms with van der Waals surface area (Å²) >= 11 is 2.01. The van der Waals surface area contributed by atoms with E-state index in [0.29, 0.717) is 0 Å². The van der Waals surface area contributed by atoms with Gasteiger partial charge in [-0.05, 0) is 126 Å². The van der Waals surface area contributed by atoms with Crippen molar-refractivity contribution < 1.29 is 0 Å². The van der Waals surface area contributed by atoms with Gasteiger partial charge in [0.2, 0.25) is 7.28 Å². The Bertz CT molecular complexity index is 3120. The highest BCUT2D eigenvalue weighted by atomic mass is 32.1. The van der Waals surface area contributed by atoms with Crippen LogP contribution in [0.15, 0.2) is 133 Å². The van der Waals surface area contributed by atoms with Crippen molar-refractivity contribution in [2.45, 2.75) is 77.6 Å². The Balaban J connectivity index is 1.22. The van der Waals surface area contributed by atoms with E-state index in [9.17, 15) is 0 Å². The molecule has 1 N–H and O–H groups in total. The summed E-state index contributed by atoms with van der Waals surface area (Å²) in [4.78, 5) is 6.57. The number of nitrogens with one attached hydrogen (secondary N) is 1. The number of aromatic amines is 1. The highest BCUT2D eigenvalue weighted by Crippen LogP contribution is 2.51. The Hall–Kier alpha value is -5.58. The van der Waals surface area contributed by atoms with Crippen molar-refractivity contribution in [3.05, 3.63) is 150 Å². The first-order valence-corrected chi connectivity index (χ1v) is 21.8. The Morgan fingerprint density at radius 1 is 0.638 bits per heavy atom. The SMILES string of the molecule is CC(C)(C)c1ccc(N2c3cc(-c4ccccc4)cc(-c4cccc5c4[nH]c4ccc6ccccc6c45)c3Bc3sc4cc5c(cc4c32)C(C)(C)CCC5(C)C)cc1. The first-order chi connectivity index (χ1) is 27.9. The van der Waals surface area contributed by atoms with Crippen LogP contribution in [0.4, 0.5) is 17.1 Å². The standard InChI is InChI=1S/C54H49BN2S/c1-52(2,3)35-21-23-36(24-22-35)57-45-29-34(32-14-9-8-10-15-32)28-40(38-18-13-19-39-47-37-17-12-11-16-33(37)20-25-44(47)56-49(38)39)48(45)55-51-50(57)41-30-42-43(31-46(41)58-51)54(6,7)27-26-53(42,4)5/h8-25,28-31,55-56H,26-27H2,1-7H3. The lowest BCUT2D eigenvalue weighted by atomic mass is 9.61. The highest BCUT2D eigenvalue weighted by molar-refractivity contribution is 7.29. The molecule has 1 aliphatic heterocycles. The molecule has 2 nitrogen and oxygen atoms in total. The van der Waals surface area contributed by atoms with Crippen LogP contribution in [0.5, 0.6) is 0 Å². The maximum absolute atomic E-state index is 3.94. The Kier molecular flexibility index (Phi) is 7.65. The predicted octanol–water partition coefficient (Wildman–Crippen LogP) is 13.8. The summed E-state index contributed by atoms with van der Waals surface area (Å²) in [6.07, 6.45) is 2.41. The van der Waals surface area contributed by atoms with Crippen LogP contribution >= 0.6 is 11.3 Å². The Morgan fingerprint density at radius 2 is 1.34 bits per heavy atom. The summed E-state index contributed by atoms with van der Waals surface area (Å²) in [5, 5.41) is 6.50. The van der Waals surface area contributed by atoms with Gasteiger partial charge >= 0.3 is 0 Å². The van der Waals surface area contributed by atoms with E-state index in [1.54, 1.807) is 0 Å². The summed E-state index contributed by atoms with van der Waals surface area (Å²) < 4.78 is 2.83. The monoisotopic (exact) mass is 768 g/mol. The van der Waals surface area contributed by atoms with Crippen molar-refractivity contribution >= 4 is 88.6 Å². The van der Waals surface area contributed by atoms with E-state index >= 15 is 0 Å². The molecule has 0 bridgehead atoms. The molecule has 58 heavy (non-hydrogen) atoms. The molecule has 4 heteroatoms. The van der Waals surface area contributed by atoms with E-state index in [-0.39, 0.29) is 16.2 Å². The lowest BCUT2D eigenvalue weighted by molar-refractivity contribution is 0.332. The number of fused-ring (bicyclic) bond motifs is 10. The average molecular weight is 769 g/mol. The van der Waals surface area contributed by atoms with Gasteiger partial charge in [0.05, 0.1) is 11.2 Å². The fourth-order valence-corrected chi connectivity index (χ4v) is 11.4. The van der Waals surface area contributed by atoms with Gasteiger partial charge in [-0.2, -0.15) is 0 Å². The van der Waals surface area contributed by atoms with E-state index in [4.69, 9.17) is 0 Å². The number of H-pyrrole nitrogens is 1. The Morgan fingerprint density at radius 3 is 2.10 bits per heavy atom. The molecule has 0 atom stereocenters. The van der Waals surface area contributed by atoms with Gasteiger partial charge in [-0.15, -0.1) is 11.3 Å². The zero-order valence-corrected chi connectivity index (χ0v) is 35.5. The highest BCUT2D eigenvalue weighted by Gasteiger charge is 2.39. The van der Waals surface area contributed by atoms with Gasteiger partial charge in [-0.3, -0.25) is 0 Å². The van der Waals surface area contributed by atoms with Crippen molar-refractivity contribution in [3.8, 4) is 22.3 Å². The molecule has 0 spiro atoms. The quantitative estimate of drug-likeness (QED) is 0.177. The largest absolute Gasteiger partial charge is 0.354 e. The molecule has 0 radical (unpaired) electrons. The molecular weight excluding hydrogens is 719 g/mol. The minimum atomic E-state index is 0.0628. The zero-order chi connectivity index (χ0) is 39.7. The van der Waals surface area contributed by atoms with Gasteiger partial charge in [-0.1, -0.05) is 139 Å². The molecule has 9 aromatic rings. The van der Waals surface area contributed by atoms with Crippen LogP contribution < -0.4 is 15.1 Å². The van der Waals surface area contributed by atoms with Crippen LogP contribution in [-0.2, 0) is 16.2 Å². The smallest absolute Gasteiger partial charge is 0.211 e. The third kappa shape index (κ3) is 5.37. The molecule has 284 valence electrons. The normalized spacial score (nSPS) is 15.7. The number of nitrogens with zero attached hydrogens (tertiary/aromatic N) is 1. The summed E-state index contributed by atoms with van der Waals surface area (Å²) in [6.45, 7) is 16.7. The minimum absolute atomic E-state index is 0.0628. The summed E-state index contributed by atoms with van der Waals surface area (Å²) in [5.74, 6) is 0. The second-order valence-corrected chi connectivity index (χ2v) is 20.4. The third-order valence-electron chi connectivity index (χ3n) is 13.6. The van der Waals surface area contributed by atoms with Crippen molar-refractivity contribution in [3.63, 3.8) is 0 Å². The van der Waals surface area contributed by atoms with Gasteiger partial charge < -0.3 is 9.88 Å². The number of aromatic nitrogens is 1. The van der Waals surface area contributed by atoms with Crippen LogP contribution in [0.1, 0.15) is 78.0 Å². The lowest BCUT2D eigenvalue weighted by Gasteiger charge is -2.42. The molecule has 2 aliphatic rings. The van der Waals surface area contributed by atoms with E-state index in [2.05, 4.69) is 192 Å². The average Bonchev–Trinajstić information content (AvgIpc) is 3.79. The molecule has 0 saturated heterocycles. The molecule has 0 unspecified atom stereocenters. The van der Waals surface area contributed by atoms with E-state index in [1.807, 2.05) is 11.3 Å². The topological polar surface area (TPSA) is 19.0 Å². The first-order valence-electron chi connectivity index (χ1n) is 21.0. The Labute approximate surface area is 346 Å². The summed E-state index contributed by atoms with van der Waals surface area (Å²) in [5.41, 5.74) is 17.3. The lowest BCUT2D eigenvalue weighted by Crippen LogP contribution is -2.39. The van der Waals surface area contributed by atoms with Crippen molar-refractivity contribution in [1.29, 1.82) is 0 Å². The molecule has 0 amide bonds. The molecular formula is C54H49BN2S.